The number of fused-ring (bicyclic) bond motifs is 9. The van der Waals surface area contributed by atoms with Gasteiger partial charge in [-0.2, -0.15) is 9.97 Å². The molecule has 8 rings (SSSR count). The predicted octanol–water partition coefficient (Wildman–Crippen LogP) is 5.47. The minimum Gasteiger partial charge on any atom is -0.461 e. The van der Waals surface area contributed by atoms with Crippen molar-refractivity contribution in [2.45, 2.75) is 81.5 Å². The van der Waals surface area contributed by atoms with Gasteiger partial charge in [-0.3, -0.25) is 9.69 Å². The number of aromatic nitrogens is 2. The molecule has 0 radical (unpaired) electrons. The molecule has 3 atom stereocenters. The molecule has 2 aromatic carbocycles. The number of halogens is 5. The Kier molecular flexibility index (Phi) is 8.82. The van der Waals surface area contributed by atoms with Crippen molar-refractivity contribution in [2.24, 2.45) is 0 Å². The number of anilines is 2. The molecule has 1 aromatic heterocycles. The molecule has 0 aliphatic carbocycles. The molecule has 14 heteroatoms. The largest absolute Gasteiger partial charge is 0.461 e. The molecule has 5 aliphatic rings. The molecular formula is C34H39ClF4N6O3. The van der Waals surface area contributed by atoms with Crippen LogP contribution in [0.25, 0.3) is 22.0 Å². The zero-order valence-electron chi connectivity index (χ0n) is 26.6. The fourth-order valence-corrected chi connectivity index (χ4v) is 8.42. The van der Waals surface area contributed by atoms with Gasteiger partial charge in [-0.1, -0.05) is 11.6 Å². The van der Waals surface area contributed by atoms with Gasteiger partial charge in [0.05, 0.1) is 27.4 Å². The highest BCUT2D eigenvalue weighted by atomic mass is 35.5. The minimum atomic E-state index is -1.20. The average Bonchev–Trinajstić information content (AvgIpc) is 3.57. The van der Waals surface area contributed by atoms with Gasteiger partial charge in [0.25, 0.3) is 0 Å². The van der Waals surface area contributed by atoms with E-state index in [1.807, 2.05) is 0 Å². The zero-order chi connectivity index (χ0) is 33.8. The van der Waals surface area contributed by atoms with E-state index in [2.05, 4.69) is 20.2 Å². The molecule has 0 spiro atoms. The van der Waals surface area contributed by atoms with Crippen LogP contribution in [0.1, 0.15) is 63.4 Å². The standard InChI is InChI=1S/C34H39ClF4N6O3/c35-27-20-5-1-2-6-25(46)41-10-9-34(47)8-4-11-44(17-34)31-22-13-23(37)26(21(20)14-24(40)28(27)38)29(39)30(22)42-32(43-31)48-18-33-7-3-12-45(33)16-19(36)15-33/h13-14,19,47H,1-12,15-18,40H2,(H,41,46). The maximum Gasteiger partial charge on any atom is 0.319 e. The Morgan fingerprint density at radius 1 is 1.06 bits per heavy atom. The van der Waals surface area contributed by atoms with Crippen molar-refractivity contribution in [3.8, 4) is 17.1 Å². The molecular weight excluding hydrogens is 652 g/mol. The molecule has 3 fully saturated rings. The van der Waals surface area contributed by atoms with Crippen LogP contribution in [0.3, 0.4) is 0 Å². The van der Waals surface area contributed by atoms with E-state index in [4.69, 9.17) is 22.1 Å². The molecule has 3 aromatic rings. The monoisotopic (exact) mass is 690 g/mol. The van der Waals surface area contributed by atoms with Crippen molar-refractivity contribution in [3.05, 3.63) is 40.2 Å². The fraction of sp³-hybridized carbons (Fsp3) is 0.559. The number of ether oxygens (including phenoxy) is 1. The lowest BCUT2D eigenvalue weighted by Gasteiger charge is -2.40. The Balaban J connectivity index is 1.39. The molecule has 4 N–H and O–H groups in total. The number of nitrogens with zero attached hydrogens (tertiary/aromatic N) is 4. The summed E-state index contributed by atoms with van der Waals surface area (Å²) in [5.74, 6) is -2.89. The first kappa shape index (κ1) is 33.1. The number of carbonyl (C=O) groups is 1. The Bertz CT molecular complexity index is 1770. The average molecular weight is 691 g/mol. The molecule has 9 nitrogen and oxygen atoms in total. The summed E-state index contributed by atoms with van der Waals surface area (Å²) in [6, 6.07) is 2.15. The maximum absolute atomic E-state index is 16.9. The lowest BCUT2D eigenvalue weighted by atomic mass is 9.89. The highest BCUT2D eigenvalue weighted by Crippen LogP contribution is 2.43. The van der Waals surface area contributed by atoms with Crippen LogP contribution in [0.2, 0.25) is 5.02 Å². The van der Waals surface area contributed by atoms with Gasteiger partial charge in [0.2, 0.25) is 5.91 Å². The van der Waals surface area contributed by atoms with E-state index in [-0.39, 0.29) is 89.4 Å². The van der Waals surface area contributed by atoms with Gasteiger partial charge in [-0.15, -0.1) is 0 Å². The van der Waals surface area contributed by atoms with Crippen molar-refractivity contribution < 1.29 is 32.2 Å². The van der Waals surface area contributed by atoms with Crippen LogP contribution in [0.4, 0.5) is 29.1 Å². The van der Waals surface area contributed by atoms with Gasteiger partial charge in [0, 0.05) is 44.4 Å². The Labute approximate surface area is 280 Å². The van der Waals surface area contributed by atoms with E-state index in [0.717, 1.165) is 25.5 Å². The fourth-order valence-electron chi connectivity index (χ4n) is 8.12. The van der Waals surface area contributed by atoms with E-state index in [9.17, 15) is 18.7 Å². The van der Waals surface area contributed by atoms with E-state index >= 15 is 8.78 Å². The Morgan fingerprint density at radius 3 is 2.69 bits per heavy atom. The molecule has 0 saturated carbocycles. The van der Waals surface area contributed by atoms with Crippen molar-refractivity contribution in [3.63, 3.8) is 0 Å². The summed E-state index contributed by atoms with van der Waals surface area (Å²) in [7, 11) is 0. The number of alkyl halides is 1. The molecule has 6 bridgehead atoms. The summed E-state index contributed by atoms with van der Waals surface area (Å²) in [4.78, 5) is 25.5. The minimum absolute atomic E-state index is 0.0169. The highest BCUT2D eigenvalue weighted by Gasteiger charge is 2.49. The molecule has 258 valence electrons. The summed E-state index contributed by atoms with van der Waals surface area (Å²) >= 11 is 6.41. The number of rotatable bonds is 3. The van der Waals surface area contributed by atoms with Gasteiger partial charge >= 0.3 is 6.01 Å². The van der Waals surface area contributed by atoms with Crippen LogP contribution < -0.4 is 20.7 Å². The molecule has 5 aliphatic heterocycles. The van der Waals surface area contributed by atoms with Gasteiger partial charge in [0.1, 0.15) is 29.9 Å². The first-order valence-corrected chi connectivity index (χ1v) is 17.1. The van der Waals surface area contributed by atoms with E-state index < -0.39 is 40.3 Å². The van der Waals surface area contributed by atoms with Crippen molar-refractivity contribution in [2.75, 3.05) is 50.0 Å². The normalized spacial score (nSPS) is 26.8. The number of hydrogen-bond donors (Lipinski definition) is 3. The van der Waals surface area contributed by atoms with Crippen molar-refractivity contribution in [1.82, 2.24) is 20.2 Å². The number of hydrogen-bond acceptors (Lipinski definition) is 8. The first-order valence-electron chi connectivity index (χ1n) is 16.7. The van der Waals surface area contributed by atoms with Crippen LogP contribution in [-0.2, 0) is 11.2 Å². The predicted molar refractivity (Wildman–Crippen MR) is 174 cm³/mol. The number of aliphatic hydroxyl groups is 1. The topological polar surface area (TPSA) is 117 Å². The second kappa shape index (κ2) is 12.8. The summed E-state index contributed by atoms with van der Waals surface area (Å²) in [5, 5.41) is 14.2. The summed E-state index contributed by atoms with van der Waals surface area (Å²) < 4.78 is 68.7. The van der Waals surface area contributed by atoms with Crippen molar-refractivity contribution in [1.29, 1.82) is 0 Å². The van der Waals surface area contributed by atoms with E-state index in [1.165, 1.54) is 6.07 Å². The lowest BCUT2D eigenvalue weighted by Crippen LogP contribution is -2.50. The number of amides is 1. The smallest absolute Gasteiger partial charge is 0.319 e. The third-order valence-corrected chi connectivity index (χ3v) is 10.9. The number of nitrogens with two attached hydrogens (primary N) is 1. The summed E-state index contributed by atoms with van der Waals surface area (Å²) in [6.07, 6.45) is 3.34. The quantitative estimate of drug-likeness (QED) is 0.245. The van der Waals surface area contributed by atoms with Crippen LogP contribution in [0, 0.1) is 17.5 Å². The Hall–Kier alpha value is -3.42. The molecule has 1 amide bonds. The van der Waals surface area contributed by atoms with Gasteiger partial charge in [-0.05, 0) is 81.2 Å². The zero-order valence-corrected chi connectivity index (χ0v) is 27.3. The number of carbonyl (C=O) groups excluding carboxylic acids is 1. The number of nitrogens with one attached hydrogen (secondary N) is 1. The second-order valence-electron chi connectivity index (χ2n) is 13.8. The molecule has 48 heavy (non-hydrogen) atoms. The first-order chi connectivity index (χ1) is 23.0. The summed E-state index contributed by atoms with van der Waals surface area (Å²) in [5.41, 5.74) is 3.26. The van der Waals surface area contributed by atoms with E-state index in [0.29, 0.717) is 45.2 Å². The lowest BCUT2D eigenvalue weighted by molar-refractivity contribution is -0.121. The van der Waals surface area contributed by atoms with Crippen LogP contribution in [0.5, 0.6) is 6.01 Å². The number of nitrogen functional groups attached to an aromatic ring is 1. The number of piperidine rings is 1. The number of benzene rings is 2. The van der Waals surface area contributed by atoms with Gasteiger partial charge < -0.3 is 25.8 Å². The SMILES string of the molecule is Nc1cc2c(c(Cl)c1F)CCCCC(=O)NCCC1(O)CCCN(C1)c1nc(OCC34CCCN3CC(F)C4)nc3c(F)c-2c(F)cc13. The van der Waals surface area contributed by atoms with Crippen molar-refractivity contribution >= 4 is 39.9 Å². The van der Waals surface area contributed by atoms with Gasteiger partial charge in [0.15, 0.2) is 11.6 Å². The molecule has 3 saturated heterocycles. The Morgan fingerprint density at radius 2 is 1.85 bits per heavy atom. The second-order valence-corrected chi connectivity index (χ2v) is 14.2. The summed E-state index contributed by atoms with van der Waals surface area (Å²) in [6.45, 7) is 1.93. The van der Waals surface area contributed by atoms with Crippen LogP contribution >= 0.6 is 11.6 Å². The molecule has 6 heterocycles. The third-order valence-electron chi connectivity index (χ3n) is 10.5. The van der Waals surface area contributed by atoms with Crippen LogP contribution in [-0.4, -0.2) is 82.5 Å². The van der Waals surface area contributed by atoms with E-state index in [1.54, 1.807) is 4.90 Å². The maximum atomic E-state index is 16.9. The van der Waals surface area contributed by atoms with Gasteiger partial charge in [-0.25, -0.2) is 17.6 Å². The molecule has 3 unspecified atom stereocenters. The van der Waals surface area contributed by atoms with Crippen LogP contribution in [0.15, 0.2) is 12.1 Å². The third kappa shape index (κ3) is 6.02. The highest BCUT2D eigenvalue weighted by molar-refractivity contribution is 6.32.